The molecule has 1 aliphatic heterocycles. The van der Waals surface area contributed by atoms with Crippen LogP contribution in [0.5, 0.6) is 0 Å². The molecule has 4 rings (SSSR count). The van der Waals surface area contributed by atoms with E-state index in [1.54, 1.807) is 28.8 Å². The van der Waals surface area contributed by atoms with Crippen molar-refractivity contribution in [3.05, 3.63) is 51.2 Å². The molecule has 3 nitrogen and oxygen atoms in total. The van der Waals surface area contributed by atoms with Gasteiger partial charge in [-0.3, -0.25) is 9.36 Å². The summed E-state index contributed by atoms with van der Waals surface area (Å²) in [5, 5.41) is 0.557. The third-order valence-electron chi connectivity index (χ3n) is 5.68. The van der Waals surface area contributed by atoms with E-state index in [0.717, 1.165) is 11.4 Å². The van der Waals surface area contributed by atoms with Crippen LogP contribution in [-0.4, -0.2) is 21.5 Å². The molecule has 28 heavy (non-hydrogen) atoms. The predicted octanol–water partition coefficient (Wildman–Crippen LogP) is 5.93. The van der Waals surface area contributed by atoms with E-state index in [0.29, 0.717) is 34.3 Å². The van der Waals surface area contributed by atoms with E-state index in [-0.39, 0.29) is 30.2 Å². The Morgan fingerprint density at radius 3 is 2.39 bits per heavy atom. The third kappa shape index (κ3) is 3.59. The molecule has 1 fully saturated rings. The minimum Gasteiger partial charge on any atom is -0.268 e. The highest BCUT2D eigenvalue weighted by atomic mass is 35.5. The van der Waals surface area contributed by atoms with Gasteiger partial charge in [-0.25, -0.2) is 4.98 Å². The lowest BCUT2D eigenvalue weighted by Gasteiger charge is -2.31. The molecule has 1 aliphatic carbocycles. The first-order chi connectivity index (χ1) is 13.3. The molecule has 150 valence electrons. The summed E-state index contributed by atoms with van der Waals surface area (Å²) in [5.74, 6) is 0.120. The smallest absolute Gasteiger partial charge is 0.268 e. The number of rotatable bonds is 2. The van der Waals surface area contributed by atoms with Gasteiger partial charge in [-0.2, -0.15) is 13.2 Å². The first-order valence-corrected chi connectivity index (χ1v) is 10.7. The van der Waals surface area contributed by atoms with Crippen LogP contribution in [-0.2, 0) is 0 Å². The second-order valence-corrected chi connectivity index (χ2v) is 9.07. The van der Waals surface area contributed by atoms with Crippen LogP contribution in [0, 0.1) is 5.92 Å². The van der Waals surface area contributed by atoms with Gasteiger partial charge in [0.05, 0.1) is 22.2 Å². The number of nitrogens with zero attached hydrogens (tertiary/aromatic N) is 2. The molecule has 0 amide bonds. The number of alkyl halides is 3. The zero-order valence-electron chi connectivity index (χ0n) is 15.3. The number of fused-ring (bicyclic) bond motifs is 1. The van der Waals surface area contributed by atoms with Crippen molar-refractivity contribution >= 4 is 23.4 Å². The molecule has 2 aliphatic rings. The Morgan fingerprint density at radius 2 is 1.79 bits per heavy atom. The summed E-state index contributed by atoms with van der Waals surface area (Å²) in [6.07, 6.45) is -3.25. The van der Waals surface area contributed by atoms with Crippen LogP contribution in [0.4, 0.5) is 13.2 Å². The van der Waals surface area contributed by atoms with Crippen molar-refractivity contribution in [2.75, 3.05) is 5.75 Å². The maximum Gasteiger partial charge on any atom is 0.391 e. The Morgan fingerprint density at radius 1 is 1.14 bits per heavy atom. The molecule has 1 aromatic carbocycles. The minimum atomic E-state index is -4.16. The summed E-state index contributed by atoms with van der Waals surface area (Å²) >= 11 is 7.49. The van der Waals surface area contributed by atoms with Crippen molar-refractivity contribution in [3.63, 3.8) is 0 Å². The van der Waals surface area contributed by atoms with Crippen molar-refractivity contribution in [3.8, 4) is 5.69 Å². The molecule has 0 spiro atoms. The van der Waals surface area contributed by atoms with Crippen molar-refractivity contribution in [2.24, 2.45) is 5.92 Å². The number of benzene rings is 1. The van der Waals surface area contributed by atoms with Gasteiger partial charge >= 0.3 is 6.18 Å². The molecule has 0 N–H and O–H groups in total. The van der Waals surface area contributed by atoms with Gasteiger partial charge in [0.2, 0.25) is 0 Å². The van der Waals surface area contributed by atoms with Crippen LogP contribution in [0.2, 0.25) is 5.02 Å². The van der Waals surface area contributed by atoms with E-state index < -0.39 is 12.1 Å². The standard InChI is InChI=1S/C20H20ClF3N2OS/c1-11-10-28-17-16(11)25-18(12-2-4-13(5-3-12)20(22,23)24)26(19(17)27)15-8-6-14(21)7-9-15/h6-9,11-13H,2-5,10H2,1H3. The van der Waals surface area contributed by atoms with Crippen molar-refractivity contribution in [2.45, 2.75) is 55.5 Å². The molecule has 0 saturated heterocycles. The summed E-state index contributed by atoms with van der Waals surface area (Å²) in [6.45, 7) is 2.03. The quantitative estimate of drug-likeness (QED) is 0.594. The molecular weight excluding hydrogens is 409 g/mol. The molecule has 1 atom stereocenters. The fourth-order valence-corrected chi connectivity index (χ4v) is 5.40. The fraction of sp³-hybridized carbons (Fsp3) is 0.500. The largest absolute Gasteiger partial charge is 0.391 e. The van der Waals surface area contributed by atoms with Crippen LogP contribution in [0.3, 0.4) is 0 Å². The maximum atomic E-state index is 13.3. The Hall–Kier alpha value is -1.47. The highest BCUT2D eigenvalue weighted by Gasteiger charge is 2.42. The molecule has 8 heteroatoms. The number of aromatic nitrogens is 2. The van der Waals surface area contributed by atoms with Crippen LogP contribution in [0.25, 0.3) is 5.69 Å². The summed E-state index contributed by atoms with van der Waals surface area (Å²) in [6, 6.07) is 6.92. The molecular formula is C20H20ClF3N2OS. The highest BCUT2D eigenvalue weighted by Crippen LogP contribution is 2.44. The first kappa shape index (κ1) is 19.8. The second-order valence-electron chi connectivity index (χ2n) is 7.60. The summed E-state index contributed by atoms with van der Waals surface area (Å²) in [7, 11) is 0. The molecule has 0 bridgehead atoms. The number of halogens is 4. The molecule has 1 saturated carbocycles. The van der Waals surface area contributed by atoms with E-state index in [4.69, 9.17) is 16.6 Å². The molecule has 2 aromatic rings. The SMILES string of the molecule is CC1CSc2c1nc(C1CCC(C(F)(F)F)CC1)n(-c1ccc(Cl)cc1)c2=O. The average molecular weight is 429 g/mol. The number of hydrogen-bond acceptors (Lipinski definition) is 3. The fourth-order valence-electron chi connectivity index (χ4n) is 4.09. The second kappa shape index (κ2) is 7.41. The van der Waals surface area contributed by atoms with Crippen LogP contribution in [0.15, 0.2) is 34.0 Å². The van der Waals surface area contributed by atoms with E-state index in [2.05, 4.69) is 0 Å². The Bertz CT molecular complexity index is 934. The van der Waals surface area contributed by atoms with Crippen molar-refractivity contribution in [1.29, 1.82) is 0 Å². The summed E-state index contributed by atoms with van der Waals surface area (Å²) in [4.78, 5) is 18.7. The Kier molecular flexibility index (Phi) is 5.25. The first-order valence-electron chi connectivity index (χ1n) is 9.38. The third-order valence-corrected chi connectivity index (χ3v) is 7.27. The highest BCUT2D eigenvalue weighted by molar-refractivity contribution is 7.99. The van der Waals surface area contributed by atoms with Crippen molar-refractivity contribution < 1.29 is 13.2 Å². The van der Waals surface area contributed by atoms with E-state index in [9.17, 15) is 18.0 Å². The number of hydrogen-bond donors (Lipinski definition) is 0. The lowest BCUT2D eigenvalue weighted by Crippen LogP contribution is -2.31. The lowest BCUT2D eigenvalue weighted by molar-refractivity contribution is -0.182. The predicted molar refractivity (Wildman–Crippen MR) is 105 cm³/mol. The summed E-state index contributed by atoms with van der Waals surface area (Å²) in [5.41, 5.74) is 1.31. The zero-order chi connectivity index (χ0) is 20.1. The average Bonchev–Trinajstić information content (AvgIpc) is 3.03. The number of thioether (sulfide) groups is 1. The van der Waals surface area contributed by atoms with Gasteiger partial charge in [0.1, 0.15) is 5.82 Å². The monoisotopic (exact) mass is 428 g/mol. The Balaban J connectivity index is 1.78. The van der Waals surface area contributed by atoms with Gasteiger partial charge in [0, 0.05) is 22.6 Å². The normalized spacial score (nSPS) is 25.0. The van der Waals surface area contributed by atoms with Crippen LogP contribution >= 0.6 is 23.4 Å². The lowest BCUT2D eigenvalue weighted by atomic mass is 9.81. The van der Waals surface area contributed by atoms with Gasteiger partial charge in [-0.1, -0.05) is 18.5 Å². The van der Waals surface area contributed by atoms with E-state index in [1.165, 1.54) is 11.8 Å². The van der Waals surface area contributed by atoms with Crippen LogP contribution in [0.1, 0.15) is 56.0 Å². The van der Waals surface area contributed by atoms with Crippen LogP contribution < -0.4 is 5.56 Å². The Labute approximate surface area is 170 Å². The van der Waals surface area contributed by atoms with Gasteiger partial charge < -0.3 is 0 Å². The zero-order valence-corrected chi connectivity index (χ0v) is 16.9. The topological polar surface area (TPSA) is 34.9 Å². The summed E-state index contributed by atoms with van der Waals surface area (Å²) < 4.78 is 40.8. The van der Waals surface area contributed by atoms with Gasteiger partial charge in [-0.15, -0.1) is 11.8 Å². The van der Waals surface area contributed by atoms with Gasteiger partial charge in [0.25, 0.3) is 5.56 Å². The maximum absolute atomic E-state index is 13.3. The molecule has 1 aromatic heterocycles. The van der Waals surface area contributed by atoms with Crippen molar-refractivity contribution in [1.82, 2.24) is 9.55 Å². The van der Waals surface area contributed by atoms with Gasteiger partial charge in [0.15, 0.2) is 0 Å². The van der Waals surface area contributed by atoms with Gasteiger partial charge in [-0.05, 0) is 49.9 Å². The molecule has 2 heterocycles. The minimum absolute atomic E-state index is 0.0754. The van der Waals surface area contributed by atoms with E-state index in [1.807, 2.05) is 6.92 Å². The molecule has 1 unspecified atom stereocenters. The molecule has 0 radical (unpaired) electrons. The van der Waals surface area contributed by atoms with E-state index >= 15 is 0 Å².